The predicted octanol–water partition coefficient (Wildman–Crippen LogP) is 5.08. The van der Waals surface area contributed by atoms with Gasteiger partial charge in [0.05, 0.1) is 12.6 Å². The summed E-state index contributed by atoms with van der Waals surface area (Å²) in [4.78, 5) is 0. The number of fused-ring (bicyclic) bond motifs is 1. The third-order valence-corrected chi connectivity index (χ3v) is 3.86. The minimum absolute atomic E-state index is 0.0271. The van der Waals surface area contributed by atoms with Crippen LogP contribution in [0.4, 0.5) is 4.39 Å². The number of methoxy groups -OCH3 is 1. The molecule has 0 aliphatic rings. The highest BCUT2D eigenvalue weighted by Crippen LogP contribution is 2.34. The van der Waals surface area contributed by atoms with Crippen molar-refractivity contribution in [3.05, 3.63) is 60.0 Å². The van der Waals surface area contributed by atoms with E-state index in [1.807, 2.05) is 30.3 Å². The molecule has 0 aliphatic heterocycles. The SMILES string of the molecule is COc1ccc2c(c1)cc(C(C)(C)C)n2-c1ccc(F)cc1. The highest BCUT2D eigenvalue weighted by atomic mass is 19.1. The first-order valence-electron chi connectivity index (χ1n) is 7.36. The van der Waals surface area contributed by atoms with Gasteiger partial charge in [-0.2, -0.15) is 0 Å². The van der Waals surface area contributed by atoms with Crippen LogP contribution in [0.25, 0.3) is 16.6 Å². The summed E-state index contributed by atoms with van der Waals surface area (Å²) in [6, 6.07) is 14.8. The van der Waals surface area contributed by atoms with E-state index in [4.69, 9.17) is 4.74 Å². The summed E-state index contributed by atoms with van der Waals surface area (Å²) >= 11 is 0. The molecule has 0 amide bonds. The normalized spacial score (nSPS) is 11.9. The number of hydrogen-bond acceptors (Lipinski definition) is 1. The minimum atomic E-state index is -0.223. The van der Waals surface area contributed by atoms with Crippen molar-refractivity contribution in [1.82, 2.24) is 4.57 Å². The van der Waals surface area contributed by atoms with E-state index < -0.39 is 0 Å². The molecule has 2 nitrogen and oxygen atoms in total. The number of nitrogens with zero attached hydrogens (tertiary/aromatic N) is 1. The van der Waals surface area contributed by atoms with Crippen LogP contribution < -0.4 is 4.74 Å². The van der Waals surface area contributed by atoms with Gasteiger partial charge in [-0.05, 0) is 48.5 Å². The predicted molar refractivity (Wildman–Crippen MR) is 88.5 cm³/mol. The molecule has 3 heteroatoms. The molecule has 0 aliphatic carbocycles. The Bertz CT molecular complexity index is 810. The summed E-state index contributed by atoms with van der Waals surface area (Å²) < 4.78 is 20.8. The zero-order valence-electron chi connectivity index (χ0n) is 13.4. The lowest BCUT2D eigenvalue weighted by atomic mass is 9.92. The number of benzene rings is 2. The van der Waals surface area contributed by atoms with E-state index in [0.717, 1.165) is 22.3 Å². The van der Waals surface area contributed by atoms with Crippen molar-refractivity contribution in [2.24, 2.45) is 0 Å². The smallest absolute Gasteiger partial charge is 0.123 e. The first kappa shape index (κ1) is 14.6. The molecule has 2 aromatic carbocycles. The average Bonchev–Trinajstić information content (AvgIpc) is 2.86. The van der Waals surface area contributed by atoms with Gasteiger partial charge in [-0.3, -0.25) is 0 Å². The van der Waals surface area contributed by atoms with Gasteiger partial charge in [0.2, 0.25) is 0 Å². The van der Waals surface area contributed by atoms with E-state index >= 15 is 0 Å². The van der Waals surface area contributed by atoms with Gasteiger partial charge in [-0.25, -0.2) is 4.39 Å². The second kappa shape index (κ2) is 5.16. The van der Waals surface area contributed by atoms with E-state index in [1.165, 1.54) is 17.8 Å². The van der Waals surface area contributed by atoms with E-state index in [9.17, 15) is 4.39 Å². The van der Waals surface area contributed by atoms with Crippen LogP contribution in [0.2, 0.25) is 0 Å². The molecule has 0 bridgehead atoms. The summed E-state index contributed by atoms with van der Waals surface area (Å²) in [6.45, 7) is 6.54. The van der Waals surface area contributed by atoms with Gasteiger partial charge in [-0.1, -0.05) is 20.8 Å². The third kappa shape index (κ3) is 2.47. The van der Waals surface area contributed by atoms with E-state index in [1.54, 1.807) is 7.11 Å². The summed E-state index contributed by atoms with van der Waals surface area (Å²) in [7, 11) is 1.67. The molecule has 0 fully saturated rings. The fourth-order valence-electron chi connectivity index (χ4n) is 2.74. The Kier molecular flexibility index (Phi) is 3.44. The molecule has 3 rings (SSSR count). The Hall–Kier alpha value is -2.29. The van der Waals surface area contributed by atoms with Crippen LogP contribution in [0.5, 0.6) is 5.75 Å². The molecule has 0 spiro atoms. The molecule has 0 saturated carbocycles. The molecule has 1 aromatic heterocycles. The lowest BCUT2D eigenvalue weighted by Gasteiger charge is -2.22. The standard InChI is InChI=1S/C19H20FNO/c1-19(2,3)18-12-13-11-16(22-4)9-10-17(13)21(18)15-7-5-14(20)6-8-15/h5-12H,1-4H3. The van der Waals surface area contributed by atoms with E-state index in [-0.39, 0.29) is 11.2 Å². The van der Waals surface area contributed by atoms with Crippen LogP contribution in [0.15, 0.2) is 48.5 Å². The van der Waals surface area contributed by atoms with Crippen LogP contribution in [-0.2, 0) is 5.41 Å². The quantitative estimate of drug-likeness (QED) is 0.643. The molecule has 0 atom stereocenters. The second-order valence-corrected chi connectivity index (χ2v) is 6.52. The molecule has 22 heavy (non-hydrogen) atoms. The Balaban J connectivity index is 2.32. The van der Waals surface area contributed by atoms with Gasteiger partial charge in [0.15, 0.2) is 0 Å². The molecule has 1 heterocycles. The first-order chi connectivity index (χ1) is 10.4. The molecule has 3 aromatic rings. The van der Waals surface area contributed by atoms with Crippen LogP contribution in [0.1, 0.15) is 26.5 Å². The molecule has 114 valence electrons. The van der Waals surface area contributed by atoms with Crippen molar-refractivity contribution in [1.29, 1.82) is 0 Å². The number of aromatic nitrogens is 1. The van der Waals surface area contributed by atoms with Crippen molar-refractivity contribution in [2.75, 3.05) is 7.11 Å². The van der Waals surface area contributed by atoms with Crippen LogP contribution in [-0.4, -0.2) is 11.7 Å². The van der Waals surface area contributed by atoms with Crippen LogP contribution >= 0.6 is 0 Å². The molecule has 0 N–H and O–H groups in total. The Morgan fingerprint density at radius 3 is 2.23 bits per heavy atom. The van der Waals surface area contributed by atoms with Crippen molar-refractivity contribution >= 4 is 10.9 Å². The lowest BCUT2D eigenvalue weighted by Crippen LogP contribution is -2.16. The Morgan fingerprint density at radius 1 is 0.955 bits per heavy atom. The van der Waals surface area contributed by atoms with Crippen molar-refractivity contribution in [3.8, 4) is 11.4 Å². The number of halogens is 1. The minimum Gasteiger partial charge on any atom is -0.497 e. The fourth-order valence-corrected chi connectivity index (χ4v) is 2.74. The Morgan fingerprint density at radius 2 is 1.64 bits per heavy atom. The summed E-state index contributed by atoms with van der Waals surface area (Å²) in [5.74, 6) is 0.614. The first-order valence-corrected chi connectivity index (χ1v) is 7.36. The molecule has 0 saturated heterocycles. The maximum atomic E-state index is 13.2. The molecule has 0 radical (unpaired) electrons. The van der Waals surface area contributed by atoms with E-state index in [0.29, 0.717) is 0 Å². The maximum Gasteiger partial charge on any atom is 0.123 e. The number of ether oxygens (including phenoxy) is 1. The van der Waals surface area contributed by atoms with Gasteiger partial charge in [0.25, 0.3) is 0 Å². The van der Waals surface area contributed by atoms with Gasteiger partial charge >= 0.3 is 0 Å². The van der Waals surface area contributed by atoms with Crippen molar-refractivity contribution in [3.63, 3.8) is 0 Å². The second-order valence-electron chi connectivity index (χ2n) is 6.52. The third-order valence-electron chi connectivity index (χ3n) is 3.86. The fraction of sp³-hybridized carbons (Fsp3) is 0.263. The topological polar surface area (TPSA) is 14.2 Å². The van der Waals surface area contributed by atoms with Crippen LogP contribution in [0, 0.1) is 5.82 Å². The van der Waals surface area contributed by atoms with Crippen LogP contribution in [0.3, 0.4) is 0 Å². The van der Waals surface area contributed by atoms with Gasteiger partial charge < -0.3 is 9.30 Å². The lowest BCUT2D eigenvalue weighted by molar-refractivity contribution is 0.415. The highest BCUT2D eigenvalue weighted by Gasteiger charge is 2.22. The zero-order valence-corrected chi connectivity index (χ0v) is 13.4. The summed E-state index contributed by atoms with van der Waals surface area (Å²) in [5.41, 5.74) is 3.21. The number of rotatable bonds is 2. The molecular formula is C19H20FNO. The highest BCUT2D eigenvalue weighted by molar-refractivity contribution is 5.85. The number of hydrogen-bond donors (Lipinski definition) is 0. The van der Waals surface area contributed by atoms with Crippen molar-refractivity contribution < 1.29 is 9.13 Å². The van der Waals surface area contributed by atoms with E-state index in [2.05, 4.69) is 31.4 Å². The summed E-state index contributed by atoms with van der Waals surface area (Å²) in [5, 5.41) is 1.12. The zero-order chi connectivity index (χ0) is 15.9. The monoisotopic (exact) mass is 297 g/mol. The largest absolute Gasteiger partial charge is 0.497 e. The summed E-state index contributed by atoms with van der Waals surface area (Å²) in [6.07, 6.45) is 0. The van der Waals surface area contributed by atoms with Gasteiger partial charge in [0, 0.05) is 22.2 Å². The maximum absolute atomic E-state index is 13.2. The average molecular weight is 297 g/mol. The van der Waals surface area contributed by atoms with Gasteiger partial charge in [-0.15, -0.1) is 0 Å². The van der Waals surface area contributed by atoms with Gasteiger partial charge in [0.1, 0.15) is 11.6 Å². The molecule has 0 unspecified atom stereocenters. The molecular weight excluding hydrogens is 277 g/mol. The van der Waals surface area contributed by atoms with Crippen molar-refractivity contribution in [2.45, 2.75) is 26.2 Å². The Labute approximate surface area is 130 Å².